The molecule has 1 aliphatic rings. The number of rotatable bonds is 6. The third kappa shape index (κ3) is 5.02. The van der Waals surface area contributed by atoms with Gasteiger partial charge in [-0.15, -0.1) is 11.3 Å². The zero-order valence-corrected chi connectivity index (χ0v) is 15.7. The summed E-state index contributed by atoms with van der Waals surface area (Å²) in [6.07, 6.45) is 5.68. The molecule has 2 heterocycles. The molecule has 136 valence electrons. The maximum absolute atomic E-state index is 12.8. The molecule has 0 saturated carbocycles. The number of nitrogens with one attached hydrogen (secondary N) is 1. The molecule has 5 nitrogen and oxygen atoms in total. The first-order valence-electron chi connectivity index (χ1n) is 8.85. The Morgan fingerprint density at radius 2 is 2.00 bits per heavy atom. The Hall–Kier alpha value is -2.47. The summed E-state index contributed by atoms with van der Waals surface area (Å²) in [7, 11) is 0. The Kier molecular flexibility index (Phi) is 6.17. The second-order valence-corrected chi connectivity index (χ2v) is 7.47. The predicted octanol–water partition coefficient (Wildman–Crippen LogP) is 2.81. The number of thiazole rings is 1. The summed E-state index contributed by atoms with van der Waals surface area (Å²) in [6.45, 7) is 3.47. The fraction of sp³-hybridized carbons (Fsp3) is 0.350. The van der Waals surface area contributed by atoms with Crippen LogP contribution in [0.25, 0.3) is 6.08 Å². The molecule has 1 aromatic carbocycles. The maximum atomic E-state index is 12.8. The van der Waals surface area contributed by atoms with Crippen LogP contribution < -0.4 is 5.32 Å². The number of hydrogen-bond donors (Lipinski definition) is 1. The fourth-order valence-electron chi connectivity index (χ4n) is 3.05. The number of likely N-dealkylation sites (tertiary alicyclic amines) is 1. The van der Waals surface area contributed by atoms with Crippen molar-refractivity contribution in [2.75, 3.05) is 13.1 Å². The molecule has 0 aliphatic carbocycles. The molecule has 2 aromatic rings. The van der Waals surface area contributed by atoms with Gasteiger partial charge in [0.05, 0.1) is 10.7 Å². The van der Waals surface area contributed by atoms with Gasteiger partial charge in [0.2, 0.25) is 11.8 Å². The highest BCUT2D eigenvalue weighted by molar-refractivity contribution is 7.09. The quantitative estimate of drug-likeness (QED) is 0.797. The van der Waals surface area contributed by atoms with E-state index in [1.807, 2.05) is 47.5 Å². The molecule has 0 unspecified atom stereocenters. The Morgan fingerprint density at radius 1 is 1.27 bits per heavy atom. The van der Waals surface area contributed by atoms with Crippen LogP contribution in [-0.2, 0) is 16.0 Å². The van der Waals surface area contributed by atoms with Gasteiger partial charge in [0.15, 0.2) is 0 Å². The topological polar surface area (TPSA) is 62.3 Å². The number of amides is 2. The van der Waals surface area contributed by atoms with Gasteiger partial charge in [0.1, 0.15) is 6.04 Å². The van der Waals surface area contributed by atoms with Crippen LogP contribution in [-0.4, -0.2) is 40.8 Å². The normalized spacial score (nSPS) is 15.3. The van der Waals surface area contributed by atoms with Crippen molar-refractivity contribution in [3.05, 3.63) is 58.1 Å². The van der Waals surface area contributed by atoms with Gasteiger partial charge in [0, 0.05) is 31.0 Å². The highest BCUT2D eigenvalue weighted by Crippen LogP contribution is 2.13. The van der Waals surface area contributed by atoms with Crippen molar-refractivity contribution in [1.82, 2.24) is 15.2 Å². The van der Waals surface area contributed by atoms with Crippen molar-refractivity contribution in [3.63, 3.8) is 0 Å². The van der Waals surface area contributed by atoms with E-state index >= 15 is 0 Å². The van der Waals surface area contributed by atoms with E-state index in [2.05, 4.69) is 10.3 Å². The zero-order valence-electron chi connectivity index (χ0n) is 14.9. The fourth-order valence-corrected chi connectivity index (χ4v) is 3.63. The third-order valence-electron chi connectivity index (χ3n) is 4.36. The van der Waals surface area contributed by atoms with Crippen molar-refractivity contribution >= 4 is 29.2 Å². The Labute approximate surface area is 157 Å². The lowest BCUT2D eigenvalue weighted by Crippen LogP contribution is -2.48. The van der Waals surface area contributed by atoms with E-state index in [-0.39, 0.29) is 11.8 Å². The van der Waals surface area contributed by atoms with E-state index in [1.54, 1.807) is 6.08 Å². The lowest BCUT2D eigenvalue weighted by molar-refractivity contribution is -0.134. The first-order chi connectivity index (χ1) is 12.6. The van der Waals surface area contributed by atoms with E-state index < -0.39 is 6.04 Å². The number of hydrogen-bond acceptors (Lipinski definition) is 4. The number of nitrogens with zero attached hydrogens (tertiary/aromatic N) is 2. The lowest BCUT2D eigenvalue weighted by atomic mass is 10.0. The zero-order chi connectivity index (χ0) is 18.4. The number of aromatic nitrogens is 1. The van der Waals surface area contributed by atoms with Gasteiger partial charge in [0.25, 0.3) is 0 Å². The average molecular weight is 369 g/mol. The van der Waals surface area contributed by atoms with Crippen molar-refractivity contribution in [3.8, 4) is 0 Å². The van der Waals surface area contributed by atoms with Crippen LogP contribution in [0.2, 0.25) is 0 Å². The standard InChI is InChI=1S/C20H23N3O2S/c1-15-21-17(14-26-15)9-10-19(24)22-18(13-16-7-3-2-4-8-16)20(25)23-11-5-6-12-23/h2-4,7-10,14,18H,5-6,11-13H2,1H3,(H,22,24)/b10-9-/t18-/m1/s1. The summed E-state index contributed by atoms with van der Waals surface area (Å²) in [5, 5.41) is 5.73. The molecule has 1 aromatic heterocycles. The summed E-state index contributed by atoms with van der Waals surface area (Å²) in [5.41, 5.74) is 1.79. The molecule has 1 N–H and O–H groups in total. The van der Waals surface area contributed by atoms with Crippen LogP contribution in [0.1, 0.15) is 29.1 Å². The SMILES string of the molecule is Cc1nc(/C=C\C(=O)N[C@H](Cc2ccccc2)C(=O)N2CCCC2)cs1. The molecule has 6 heteroatoms. The van der Waals surface area contributed by atoms with Crippen LogP contribution in [0.3, 0.4) is 0 Å². The summed E-state index contributed by atoms with van der Waals surface area (Å²) in [5.74, 6) is -0.276. The molecular weight excluding hydrogens is 346 g/mol. The van der Waals surface area contributed by atoms with Gasteiger partial charge in [-0.2, -0.15) is 0 Å². The van der Waals surface area contributed by atoms with Crippen molar-refractivity contribution in [2.24, 2.45) is 0 Å². The second kappa shape index (κ2) is 8.76. The molecule has 1 saturated heterocycles. The van der Waals surface area contributed by atoms with Crippen LogP contribution in [0, 0.1) is 6.92 Å². The predicted molar refractivity (Wildman–Crippen MR) is 104 cm³/mol. The second-order valence-electron chi connectivity index (χ2n) is 6.41. The monoisotopic (exact) mass is 369 g/mol. The lowest BCUT2D eigenvalue weighted by Gasteiger charge is -2.23. The average Bonchev–Trinajstić information content (AvgIpc) is 3.31. The minimum atomic E-state index is -0.551. The summed E-state index contributed by atoms with van der Waals surface area (Å²) in [4.78, 5) is 31.3. The number of carbonyl (C=O) groups is 2. The van der Waals surface area contributed by atoms with Crippen molar-refractivity contribution in [2.45, 2.75) is 32.2 Å². The molecule has 1 aliphatic heterocycles. The molecule has 0 bridgehead atoms. The Balaban J connectivity index is 1.68. The minimum absolute atomic E-state index is 0.00222. The van der Waals surface area contributed by atoms with Gasteiger partial charge in [-0.1, -0.05) is 30.3 Å². The van der Waals surface area contributed by atoms with Crippen LogP contribution >= 0.6 is 11.3 Å². The first-order valence-corrected chi connectivity index (χ1v) is 9.73. The van der Waals surface area contributed by atoms with E-state index in [0.29, 0.717) is 6.42 Å². The first kappa shape index (κ1) is 18.3. The Morgan fingerprint density at radius 3 is 2.65 bits per heavy atom. The van der Waals surface area contributed by atoms with Gasteiger partial charge < -0.3 is 10.2 Å². The molecular formula is C20H23N3O2S. The molecule has 1 fully saturated rings. The molecule has 0 spiro atoms. The van der Waals surface area contributed by atoms with E-state index in [1.165, 1.54) is 17.4 Å². The summed E-state index contributed by atoms with van der Waals surface area (Å²) in [6, 6.07) is 9.23. The van der Waals surface area contributed by atoms with Gasteiger partial charge in [-0.05, 0) is 31.4 Å². The van der Waals surface area contributed by atoms with Crippen molar-refractivity contribution in [1.29, 1.82) is 0 Å². The van der Waals surface area contributed by atoms with Crippen LogP contribution in [0.5, 0.6) is 0 Å². The minimum Gasteiger partial charge on any atom is -0.341 e. The third-order valence-corrected chi connectivity index (χ3v) is 5.15. The smallest absolute Gasteiger partial charge is 0.245 e. The summed E-state index contributed by atoms with van der Waals surface area (Å²) < 4.78 is 0. The van der Waals surface area contributed by atoms with Crippen LogP contribution in [0.4, 0.5) is 0 Å². The molecule has 0 radical (unpaired) electrons. The molecule has 2 amide bonds. The maximum Gasteiger partial charge on any atom is 0.245 e. The summed E-state index contributed by atoms with van der Waals surface area (Å²) >= 11 is 1.54. The largest absolute Gasteiger partial charge is 0.341 e. The number of aryl methyl sites for hydroxylation is 1. The highest BCUT2D eigenvalue weighted by atomic mass is 32.1. The van der Waals surface area contributed by atoms with E-state index in [0.717, 1.165) is 42.2 Å². The Bertz CT molecular complexity index is 779. The number of carbonyl (C=O) groups excluding carboxylic acids is 2. The van der Waals surface area contributed by atoms with E-state index in [9.17, 15) is 9.59 Å². The van der Waals surface area contributed by atoms with Gasteiger partial charge in [-0.25, -0.2) is 4.98 Å². The molecule has 1 atom stereocenters. The van der Waals surface area contributed by atoms with Crippen molar-refractivity contribution < 1.29 is 9.59 Å². The van der Waals surface area contributed by atoms with E-state index in [4.69, 9.17) is 0 Å². The molecule has 26 heavy (non-hydrogen) atoms. The van der Waals surface area contributed by atoms with Gasteiger partial charge >= 0.3 is 0 Å². The van der Waals surface area contributed by atoms with Crippen LogP contribution in [0.15, 0.2) is 41.8 Å². The van der Waals surface area contributed by atoms with Gasteiger partial charge in [-0.3, -0.25) is 9.59 Å². The molecule has 3 rings (SSSR count). The number of benzene rings is 1. The highest BCUT2D eigenvalue weighted by Gasteiger charge is 2.27.